The Balaban J connectivity index is 1.52. The zero-order chi connectivity index (χ0) is 25.9. The van der Waals surface area contributed by atoms with Gasteiger partial charge in [0.05, 0.1) is 19.4 Å². The fraction of sp³-hybridized carbons (Fsp3) is 0.357. The number of ether oxygens (including phenoxy) is 1. The zero-order valence-electron chi connectivity index (χ0n) is 20.6. The number of aryl methyl sites for hydroxylation is 1. The first-order chi connectivity index (χ1) is 17.4. The number of carbonyl (C=O) groups is 3. The maximum absolute atomic E-state index is 13.0. The molecule has 3 rings (SSSR count). The van der Waals surface area contributed by atoms with Crippen molar-refractivity contribution in [1.29, 1.82) is 5.41 Å². The lowest BCUT2D eigenvalue weighted by atomic mass is 10.00. The van der Waals surface area contributed by atoms with Gasteiger partial charge >= 0.3 is 5.97 Å². The van der Waals surface area contributed by atoms with Crippen molar-refractivity contribution in [3.05, 3.63) is 77.4 Å². The number of amidine groups is 1. The van der Waals surface area contributed by atoms with Gasteiger partial charge in [-0.2, -0.15) is 0 Å². The number of hydrogen-bond acceptors (Lipinski definition) is 5. The van der Waals surface area contributed by atoms with Crippen LogP contribution in [-0.4, -0.2) is 54.8 Å². The van der Waals surface area contributed by atoms with E-state index in [4.69, 9.17) is 15.9 Å². The summed E-state index contributed by atoms with van der Waals surface area (Å²) in [5.41, 5.74) is 8.13. The number of nitrogens with one attached hydrogen (secondary N) is 2. The summed E-state index contributed by atoms with van der Waals surface area (Å²) >= 11 is 0. The quantitative estimate of drug-likeness (QED) is 0.183. The number of rotatable bonds is 12. The second kappa shape index (κ2) is 13.2. The first kappa shape index (κ1) is 26.7. The monoisotopic (exact) mass is 490 g/mol. The Bertz CT molecular complexity index is 1080. The van der Waals surface area contributed by atoms with E-state index in [0.717, 1.165) is 18.4 Å². The highest BCUT2D eigenvalue weighted by molar-refractivity contribution is 5.95. The van der Waals surface area contributed by atoms with Crippen LogP contribution in [0.4, 0.5) is 0 Å². The van der Waals surface area contributed by atoms with Gasteiger partial charge in [-0.1, -0.05) is 54.6 Å². The minimum Gasteiger partial charge on any atom is -0.469 e. The van der Waals surface area contributed by atoms with Gasteiger partial charge in [0, 0.05) is 30.8 Å². The van der Waals surface area contributed by atoms with Gasteiger partial charge in [0.25, 0.3) is 0 Å². The number of nitrogens with two attached hydrogens (primary N) is 1. The number of esters is 1. The van der Waals surface area contributed by atoms with Crippen molar-refractivity contribution in [1.82, 2.24) is 10.2 Å². The molecular formula is C28H34N4O4. The highest BCUT2D eigenvalue weighted by Gasteiger charge is 2.39. The summed E-state index contributed by atoms with van der Waals surface area (Å²) in [4.78, 5) is 39.0. The SMILES string of the molecule is COC(=O)C[C@@H]1C[C@@H](CCNC(=O)C=Cc2ccc(C(=N)N)cc2)N(CCCc2ccccc2)C1=O. The van der Waals surface area contributed by atoms with E-state index in [1.165, 1.54) is 18.7 Å². The summed E-state index contributed by atoms with van der Waals surface area (Å²) < 4.78 is 4.77. The van der Waals surface area contributed by atoms with Crippen molar-refractivity contribution >= 4 is 29.7 Å². The standard InChI is InChI=1S/C28H34N4O4/c1-36-26(34)19-23-18-24(32(28(23)35)17-5-8-20-6-3-2-4-7-20)15-16-31-25(33)14-11-21-9-12-22(13-10-21)27(29)30/h2-4,6-7,9-14,23-24H,5,8,15-19H2,1H3,(H3,29,30)(H,31,33)/t23-,24+/m0/s1. The molecule has 1 fully saturated rings. The molecule has 8 heteroatoms. The molecular weight excluding hydrogens is 456 g/mol. The summed E-state index contributed by atoms with van der Waals surface area (Å²) in [6, 6.07) is 17.1. The van der Waals surface area contributed by atoms with Gasteiger partial charge in [-0.15, -0.1) is 0 Å². The predicted octanol–water partition coefficient (Wildman–Crippen LogP) is 2.90. The van der Waals surface area contributed by atoms with Gasteiger partial charge < -0.3 is 20.7 Å². The molecule has 0 spiro atoms. The molecule has 0 radical (unpaired) electrons. The summed E-state index contributed by atoms with van der Waals surface area (Å²) in [6.45, 7) is 1.03. The lowest BCUT2D eigenvalue weighted by molar-refractivity contribution is -0.144. The molecule has 1 aliphatic rings. The van der Waals surface area contributed by atoms with Gasteiger partial charge in [-0.05, 0) is 42.9 Å². The third-order valence-corrected chi connectivity index (χ3v) is 6.40. The van der Waals surface area contributed by atoms with Crippen molar-refractivity contribution < 1.29 is 19.1 Å². The Morgan fingerprint density at radius 2 is 1.89 bits per heavy atom. The van der Waals surface area contributed by atoms with E-state index in [2.05, 4.69) is 17.4 Å². The Kier molecular flexibility index (Phi) is 9.80. The average molecular weight is 491 g/mol. The molecule has 0 aliphatic carbocycles. The minimum absolute atomic E-state index is 0.00315. The Labute approximate surface area is 212 Å². The molecule has 1 heterocycles. The fourth-order valence-electron chi connectivity index (χ4n) is 4.46. The second-order valence-corrected chi connectivity index (χ2v) is 8.94. The van der Waals surface area contributed by atoms with Crippen LogP contribution < -0.4 is 11.1 Å². The van der Waals surface area contributed by atoms with Crippen molar-refractivity contribution in [3.63, 3.8) is 0 Å². The molecule has 2 aromatic rings. The van der Waals surface area contributed by atoms with E-state index in [1.807, 2.05) is 23.1 Å². The van der Waals surface area contributed by atoms with Gasteiger partial charge in [0.2, 0.25) is 11.8 Å². The maximum atomic E-state index is 13.0. The normalized spacial score (nSPS) is 17.4. The number of amides is 2. The molecule has 36 heavy (non-hydrogen) atoms. The molecule has 4 N–H and O–H groups in total. The van der Waals surface area contributed by atoms with Crippen LogP contribution in [0.1, 0.15) is 42.4 Å². The van der Waals surface area contributed by atoms with E-state index < -0.39 is 0 Å². The molecule has 190 valence electrons. The van der Waals surface area contributed by atoms with Crippen molar-refractivity contribution in [2.45, 2.75) is 38.1 Å². The Morgan fingerprint density at radius 1 is 1.17 bits per heavy atom. The smallest absolute Gasteiger partial charge is 0.306 e. The largest absolute Gasteiger partial charge is 0.469 e. The number of hydrogen-bond donors (Lipinski definition) is 3. The third-order valence-electron chi connectivity index (χ3n) is 6.40. The van der Waals surface area contributed by atoms with E-state index in [9.17, 15) is 14.4 Å². The van der Waals surface area contributed by atoms with Crippen LogP contribution in [-0.2, 0) is 25.5 Å². The molecule has 2 aromatic carbocycles. The molecule has 0 bridgehead atoms. The van der Waals surface area contributed by atoms with Crippen LogP contribution in [0.2, 0.25) is 0 Å². The van der Waals surface area contributed by atoms with Gasteiger partial charge in [-0.25, -0.2) is 0 Å². The molecule has 0 saturated carbocycles. The average Bonchev–Trinajstić information content (AvgIpc) is 3.17. The summed E-state index contributed by atoms with van der Waals surface area (Å²) in [6.07, 6.45) is 6.12. The molecule has 1 aliphatic heterocycles. The number of benzene rings is 2. The molecule has 0 aromatic heterocycles. The Hall–Kier alpha value is -3.94. The van der Waals surface area contributed by atoms with E-state index in [1.54, 1.807) is 30.3 Å². The van der Waals surface area contributed by atoms with Crippen LogP contribution in [0, 0.1) is 11.3 Å². The fourth-order valence-corrected chi connectivity index (χ4v) is 4.46. The molecule has 1 saturated heterocycles. The highest BCUT2D eigenvalue weighted by atomic mass is 16.5. The number of nitrogens with zero attached hydrogens (tertiary/aromatic N) is 1. The van der Waals surface area contributed by atoms with Crippen LogP contribution in [0.15, 0.2) is 60.7 Å². The van der Waals surface area contributed by atoms with Crippen molar-refractivity contribution in [2.75, 3.05) is 20.2 Å². The van der Waals surface area contributed by atoms with Crippen molar-refractivity contribution in [3.8, 4) is 0 Å². The highest BCUT2D eigenvalue weighted by Crippen LogP contribution is 2.29. The van der Waals surface area contributed by atoms with Crippen LogP contribution in [0.3, 0.4) is 0 Å². The van der Waals surface area contributed by atoms with E-state index in [0.29, 0.717) is 31.5 Å². The molecule has 8 nitrogen and oxygen atoms in total. The predicted molar refractivity (Wildman–Crippen MR) is 139 cm³/mol. The summed E-state index contributed by atoms with van der Waals surface area (Å²) in [5, 5.41) is 10.3. The third kappa shape index (κ3) is 7.80. The van der Waals surface area contributed by atoms with Crippen LogP contribution in [0.5, 0.6) is 0 Å². The number of carbonyl (C=O) groups excluding carboxylic acids is 3. The Morgan fingerprint density at radius 3 is 2.56 bits per heavy atom. The van der Waals surface area contributed by atoms with Crippen LogP contribution in [0.25, 0.3) is 6.08 Å². The maximum Gasteiger partial charge on any atom is 0.306 e. The van der Waals surface area contributed by atoms with Crippen LogP contribution >= 0.6 is 0 Å². The summed E-state index contributed by atoms with van der Waals surface area (Å²) in [7, 11) is 1.33. The molecule has 0 unspecified atom stereocenters. The van der Waals surface area contributed by atoms with E-state index in [-0.39, 0.29) is 42.0 Å². The second-order valence-electron chi connectivity index (χ2n) is 8.94. The lowest BCUT2D eigenvalue weighted by Crippen LogP contribution is -2.37. The van der Waals surface area contributed by atoms with E-state index >= 15 is 0 Å². The summed E-state index contributed by atoms with van der Waals surface area (Å²) in [5.74, 6) is -1.01. The number of nitrogen functional groups attached to an aromatic ring is 1. The topological polar surface area (TPSA) is 126 Å². The molecule has 2 amide bonds. The lowest BCUT2D eigenvalue weighted by Gasteiger charge is -2.25. The molecule has 2 atom stereocenters. The van der Waals surface area contributed by atoms with Gasteiger partial charge in [0.1, 0.15) is 5.84 Å². The van der Waals surface area contributed by atoms with Crippen molar-refractivity contribution in [2.24, 2.45) is 11.7 Å². The minimum atomic E-state index is -0.382. The van der Waals surface area contributed by atoms with Gasteiger partial charge in [-0.3, -0.25) is 19.8 Å². The first-order valence-corrected chi connectivity index (χ1v) is 12.2. The number of likely N-dealkylation sites (tertiary alicyclic amines) is 1. The zero-order valence-corrected chi connectivity index (χ0v) is 20.6. The van der Waals surface area contributed by atoms with Gasteiger partial charge in [0.15, 0.2) is 0 Å². The number of methoxy groups -OCH3 is 1. The first-order valence-electron chi connectivity index (χ1n) is 12.2.